The lowest BCUT2D eigenvalue weighted by Gasteiger charge is -2.24. The molecule has 1 aromatic rings. The van der Waals surface area contributed by atoms with Crippen molar-refractivity contribution in [3.05, 3.63) is 27.7 Å². The summed E-state index contributed by atoms with van der Waals surface area (Å²) in [4.78, 5) is 13.6. The number of carbonyl (C=O) groups is 1. The topological polar surface area (TPSA) is 55.6 Å². The molecular weight excluding hydrogens is 296 g/mol. The lowest BCUT2D eigenvalue weighted by Crippen LogP contribution is -2.33. The maximum Gasteiger partial charge on any atom is 0.410 e. The van der Waals surface area contributed by atoms with E-state index >= 15 is 0 Å². The molecule has 0 atom stereocenters. The summed E-state index contributed by atoms with van der Waals surface area (Å²) in [5, 5.41) is 0. The van der Waals surface area contributed by atoms with Gasteiger partial charge in [-0.25, -0.2) is 4.79 Å². The van der Waals surface area contributed by atoms with Gasteiger partial charge in [-0.15, -0.1) is 0 Å². The van der Waals surface area contributed by atoms with Crippen molar-refractivity contribution in [2.24, 2.45) is 0 Å². The zero-order valence-electron chi connectivity index (χ0n) is 10.8. The van der Waals surface area contributed by atoms with E-state index in [0.29, 0.717) is 18.8 Å². The maximum atomic E-state index is 12.0. The van der Waals surface area contributed by atoms with Gasteiger partial charge in [0, 0.05) is 23.2 Å². The van der Waals surface area contributed by atoms with Crippen LogP contribution in [-0.4, -0.2) is 16.6 Å². The Morgan fingerprint density at radius 3 is 2.44 bits per heavy atom. The third-order valence-electron chi connectivity index (χ3n) is 2.69. The predicted molar refractivity (Wildman–Crippen MR) is 74.0 cm³/mol. The van der Waals surface area contributed by atoms with E-state index in [-0.39, 0.29) is 6.09 Å². The Morgan fingerprint density at radius 1 is 1.33 bits per heavy atom. The number of nitrogen functional groups attached to an aromatic ring is 1. The molecule has 0 spiro atoms. The van der Waals surface area contributed by atoms with E-state index in [4.69, 9.17) is 10.5 Å². The van der Waals surface area contributed by atoms with Gasteiger partial charge in [0.15, 0.2) is 0 Å². The molecule has 4 nitrogen and oxygen atoms in total. The summed E-state index contributed by atoms with van der Waals surface area (Å²) in [5.41, 5.74) is 8.26. The fraction of sp³-hybridized carbons (Fsp3) is 0.462. The van der Waals surface area contributed by atoms with Crippen LogP contribution in [0, 0.1) is 0 Å². The maximum absolute atomic E-state index is 12.0. The number of nitrogens with zero attached hydrogens (tertiary/aromatic N) is 1. The summed E-state index contributed by atoms with van der Waals surface area (Å²) in [6.07, 6.45) is -0.284. The Balaban J connectivity index is 2.13. The highest BCUT2D eigenvalue weighted by atomic mass is 79.9. The number of hydrogen-bond donors (Lipinski definition) is 1. The second-order valence-corrected chi connectivity index (χ2v) is 6.33. The Bertz CT molecular complexity index is 463. The summed E-state index contributed by atoms with van der Waals surface area (Å²) in [5.74, 6) is 0. The Kier molecular flexibility index (Phi) is 3.27. The molecule has 5 heteroatoms. The van der Waals surface area contributed by atoms with Gasteiger partial charge in [0.05, 0.1) is 0 Å². The number of carbonyl (C=O) groups excluding carboxylic acids is 1. The van der Waals surface area contributed by atoms with Crippen molar-refractivity contribution in [2.45, 2.75) is 39.5 Å². The number of anilines is 1. The van der Waals surface area contributed by atoms with Gasteiger partial charge >= 0.3 is 6.09 Å². The van der Waals surface area contributed by atoms with E-state index < -0.39 is 5.60 Å². The van der Waals surface area contributed by atoms with Crippen LogP contribution in [0.1, 0.15) is 31.9 Å². The zero-order valence-corrected chi connectivity index (χ0v) is 12.4. The Morgan fingerprint density at radius 2 is 1.89 bits per heavy atom. The molecule has 1 aliphatic rings. The van der Waals surface area contributed by atoms with Crippen molar-refractivity contribution >= 4 is 27.7 Å². The number of rotatable bonds is 0. The second-order valence-electron chi connectivity index (χ2n) is 5.48. The summed E-state index contributed by atoms with van der Waals surface area (Å²) in [6, 6.07) is 3.87. The van der Waals surface area contributed by atoms with Crippen LogP contribution in [-0.2, 0) is 17.8 Å². The molecule has 1 heterocycles. The first-order valence-electron chi connectivity index (χ1n) is 5.81. The first-order chi connectivity index (χ1) is 8.26. The minimum absolute atomic E-state index is 0.284. The van der Waals surface area contributed by atoms with Crippen molar-refractivity contribution < 1.29 is 9.53 Å². The number of amides is 1. The quantitative estimate of drug-likeness (QED) is 0.748. The van der Waals surface area contributed by atoms with E-state index in [1.54, 1.807) is 4.90 Å². The predicted octanol–water partition coefficient (Wildman–Crippen LogP) is 3.28. The summed E-state index contributed by atoms with van der Waals surface area (Å²) in [6.45, 7) is 6.72. The van der Waals surface area contributed by atoms with Crippen LogP contribution in [0.2, 0.25) is 0 Å². The molecular formula is C13H17BrN2O2. The van der Waals surface area contributed by atoms with E-state index in [2.05, 4.69) is 15.9 Å². The minimum Gasteiger partial charge on any atom is -0.444 e. The van der Waals surface area contributed by atoms with Crippen LogP contribution in [0.5, 0.6) is 0 Å². The van der Waals surface area contributed by atoms with E-state index in [1.165, 1.54) is 0 Å². The van der Waals surface area contributed by atoms with Crippen LogP contribution >= 0.6 is 15.9 Å². The van der Waals surface area contributed by atoms with Crippen LogP contribution < -0.4 is 5.73 Å². The zero-order chi connectivity index (χ0) is 13.5. The highest BCUT2D eigenvalue weighted by Gasteiger charge is 2.28. The van der Waals surface area contributed by atoms with Crippen LogP contribution in [0.3, 0.4) is 0 Å². The van der Waals surface area contributed by atoms with Crippen molar-refractivity contribution in [3.8, 4) is 0 Å². The molecule has 0 aliphatic carbocycles. The van der Waals surface area contributed by atoms with Gasteiger partial charge in [-0.1, -0.05) is 0 Å². The van der Waals surface area contributed by atoms with Crippen LogP contribution in [0.15, 0.2) is 16.6 Å². The molecule has 0 bridgehead atoms. The number of halogens is 1. The molecule has 1 amide bonds. The van der Waals surface area contributed by atoms with Gasteiger partial charge in [-0.2, -0.15) is 0 Å². The van der Waals surface area contributed by atoms with E-state index in [1.807, 2.05) is 32.9 Å². The van der Waals surface area contributed by atoms with Crippen molar-refractivity contribution in [3.63, 3.8) is 0 Å². The summed E-state index contributed by atoms with van der Waals surface area (Å²) >= 11 is 3.39. The molecule has 0 saturated carbocycles. The fourth-order valence-corrected chi connectivity index (χ4v) is 2.29. The minimum atomic E-state index is -0.467. The van der Waals surface area contributed by atoms with Gasteiger partial charge in [0.2, 0.25) is 0 Å². The molecule has 18 heavy (non-hydrogen) atoms. The lowest BCUT2D eigenvalue weighted by atomic mass is 10.1. The van der Waals surface area contributed by atoms with Crippen LogP contribution in [0.25, 0.3) is 0 Å². The molecule has 0 saturated heterocycles. The monoisotopic (exact) mass is 312 g/mol. The first kappa shape index (κ1) is 13.2. The largest absolute Gasteiger partial charge is 0.444 e. The standard InChI is InChI=1S/C13H17BrN2O2/c1-13(2,3)18-12(17)16-6-8-4-10(14)11(15)5-9(8)7-16/h4-5H,6-7,15H2,1-3H3. The van der Waals surface area contributed by atoms with Crippen molar-refractivity contribution in [1.82, 2.24) is 4.90 Å². The third-order valence-corrected chi connectivity index (χ3v) is 3.38. The molecule has 0 aromatic heterocycles. The molecule has 1 aromatic carbocycles. The van der Waals surface area contributed by atoms with Crippen LogP contribution in [0.4, 0.5) is 10.5 Å². The SMILES string of the molecule is CC(C)(C)OC(=O)N1Cc2cc(N)c(Br)cc2C1. The lowest BCUT2D eigenvalue weighted by molar-refractivity contribution is 0.0242. The van der Waals surface area contributed by atoms with Gasteiger partial charge in [-0.05, 0) is 60.0 Å². The van der Waals surface area contributed by atoms with Crippen molar-refractivity contribution in [1.29, 1.82) is 0 Å². The Hall–Kier alpha value is -1.23. The molecule has 0 radical (unpaired) electrons. The highest BCUT2D eigenvalue weighted by Crippen LogP contribution is 2.31. The second kappa shape index (κ2) is 4.46. The number of hydrogen-bond acceptors (Lipinski definition) is 3. The van der Waals surface area contributed by atoms with Crippen molar-refractivity contribution in [2.75, 3.05) is 5.73 Å². The van der Waals surface area contributed by atoms with Gasteiger partial charge in [0.25, 0.3) is 0 Å². The molecule has 2 rings (SSSR count). The summed E-state index contributed by atoms with van der Waals surface area (Å²) < 4.78 is 6.23. The third kappa shape index (κ3) is 2.77. The molecule has 0 unspecified atom stereocenters. The molecule has 0 fully saturated rings. The number of ether oxygens (including phenoxy) is 1. The smallest absolute Gasteiger partial charge is 0.410 e. The number of fused-ring (bicyclic) bond motifs is 1. The van der Waals surface area contributed by atoms with Gasteiger partial charge in [-0.3, -0.25) is 4.90 Å². The average molecular weight is 313 g/mol. The van der Waals surface area contributed by atoms with E-state index in [0.717, 1.165) is 15.6 Å². The number of benzene rings is 1. The number of nitrogens with two attached hydrogens (primary N) is 1. The van der Waals surface area contributed by atoms with E-state index in [9.17, 15) is 4.79 Å². The Labute approximate surface area is 115 Å². The fourth-order valence-electron chi connectivity index (χ4n) is 1.90. The van der Waals surface area contributed by atoms with Gasteiger partial charge < -0.3 is 10.5 Å². The average Bonchev–Trinajstić information content (AvgIpc) is 2.59. The first-order valence-corrected chi connectivity index (χ1v) is 6.60. The normalized spacial score (nSPS) is 14.6. The molecule has 1 aliphatic heterocycles. The molecule has 2 N–H and O–H groups in total. The highest BCUT2D eigenvalue weighted by molar-refractivity contribution is 9.10. The summed E-state index contributed by atoms with van der Waals surface area (Å²) in [7, 11) is 0. The molecule has 98 valence electrons. The van der Waals surface area contributed by atoms with Gasteiger partial charge in [0.1, 0.15) is 5.60 Å².